The molecule has 8 heteroatoms. The monoisotopic (exact) mass is 385 g/mol. The van der Waals surface area contributed by atoms with E-state index in [1.165, 1.54) is 29.2 Å². The molecule has 1 aromatic heterocycles. The predicted octanol–water partition coefficient (Wildman–Crippen LogP) is 2.92. The summed E-state index contributed by atoms with van der Waals surface area (Å²) in [5, 5.41) is 13.1. The molecule has 0 aliphatic carbocycles. The summed E-state index contributed by atoms with van der Waals surface area (Å²) in [6.07, 6.45) is -0.778. The highest BCUT2D eigenvalue weighted by molar-refractivity contribution is 7.12. The van der Waals surface area contributed by atoms with Crippen LogP contribution < -0.4 is 5.32 Å². The predicted molar refractivity (Wildman–Crippen MR) is 101 cm³/mol. The Hall–Kier alpha value is -3.18. The molecule has 2 amide bonds. The second-order valence-electron chi connectivity index (χ2n) is 5.73. The van der Waals surface area contributed by atoms with E-state index >= 15 is 0 Å². The minimum absolute atomic E-state index is 0.203. The van der Waals surface area contributed by atoms with Gasteiger partial charge in [-0.2, -0.15) is 5.26 Å². The van der Waals surface area contributed by atoms with E-state index in [1.807, 2.05) is 6.07 Å². The highest BCUT2D eigenvalue weighted by Gasteiger charge is 2.22. The number of carbonyl (C=O) groups excluding carboxylic acids is 3. The molecule has 2 aromatic rings. The van der Waals surface area contributed by atoms with Gasteiger partial charge in [-0.15, -0.1) is 11.3 Å². The summed E-state index contributed by atoms with van der Waals surface area (Å²) in [5.41, 5.74) is 0.672. The van der Waals surface area contributed by atoms with Crippen LogP contribution in [0.2, 0.25) is 0 Å². The lowest BCUT2D eigenvalue weighted by atomic mass is 10.2. The van der Waals surface area contributed by atoms with Crippen molar-refractivity contribution in [3.63, 3.8) is 0 Å². The molecule has 0 saturated carbocycles. The highest BCUT2D eigenvalue weighted by Crippen LogP contribution is 2.16. The molecular formula is C19H19N3O4S. The van der Waals surface area contributed by atoms with Crippen molar-refractivity contribution in [2.45, 2.75) is 19.4 Å². The van der Waals surface area contributed by atoms with Crippen molar-refractivity contribution >= 4 is 34.8 Å². The summed E-state index contributed by atoms with van der Waals surface area (Å²) in [6, 6.07) is 11.7. The summed E-state index contributed by atoms with van der Waals surface area (Å²) in [6.45, 7) is 1.74. The van der Waals surface area contributed by atoms with Crippen LogP contribution in [-0.2, 0) is 9.53 Å². The van der Waals surface area contributed by atoms with Gasteiger partial charge in [-0.1, -0.05) is 12.1 Å². The zero-order valence-corrected chi connectivity index (χ0v) is 15.8. The lowest BCUT2D eigenvalue weighted by molar-refractivity contribution is -0.138. The number of nitriles is 1. The van der Waals surface area contributed by atoms with E-state index < -0.39 is 12.1 Å². The maximum atomic E-state index is 12.3. The fourth-order valence-electron chi connectivity index (χ4n) is 2.24. The second-order valence-corrected chi connectivity index (χ2v) is 6.68. The van der Waals surface area contributed by atoms with Crippen LogP contribution in [0.25, 0.3) is 0 Å². The Morgan fingerprint density at radius 2 is 2.07 bits per heavy atom. The van der Waals surface area contributed by atoms with E-state index in [4.69, 9.17) is 10.00 Å². The Balaban J connectivity index is 1.99. The molecule has 7 nitrogen and oxygen atoms in total. The van der Waals surface area contributed by atoms with Crippen molar-refractivity contribution in [3.05, 3.63) is 52.2 Å². The van der Waals surface area contributed by atoms with Gasteiger partial charge >= 0.3 is 5.97 Å². The van der Waals surface area contributed by atoms with Crippen LogP contribution in [0.15, 0.2) is 41.8 Å². The van der Waals surface area contributed by atoms with E-state index in [-0.39, 0.29) is 30.3 Å². The first-order chi connectivity index (χ1) is 12.9. The number of carbonyl (C=O) groups is 3. The molecule has 0 saturated heterocycles. The molecule has 0 aliphatic rings. The fraction of sp³-hybridized carbons (Fsp3) is 0.263. The molecular weight excluding hydrogens is 366 g/mol. The summed E-state index contributed by atoms with van der Waals surface area (Å²) in [4.78, 5) is 38.4. The van der Waals surface area contributed by atoms with Crippen LogP contribution in [0.1, 0.15) is 33.4 Å². The minimum atomic E-state index is -0.981. The van der Waals surface area contributed by atoms with Gasteiger partial charge in [0.15, 0.2) is 6.10 Å². The van der Waals surface area contributed by atoms with Crippen LogP contribution in [-0.4, -0.2) is 42.4 Å². The van der Waals surface area contributed by atoms with E-state index in [2.05, 4.69) is 5.32 Å². The number of likely N-dealkylation sites (N-methyl/N-ethyl adjacent to an activating group) is 1. The lowest BCUT2D eigenvalue weighted by Gasteiger charge is -2.20. The number of nitrogens with one attached hydrogen (secondary N) is 1. The number of ether oxygens (including phenoxy) is 1. The second kappa shape index (κ2) is 9.50. The molecule has 0 aliphatic heterocycles. The summed E-state index contributed by atoms with van der Waals surface area (Å²) in [7, 11) is 1.55. The van der Waals surface area contributed by atoms with Gasteiger partial charge in [0.1, 0.15) is 0 Å². The van der Waals surface area contributed by atoms with E-state index in [9.17, 15) is 14.4 Å². The zero-order chi connectivity index (χ0) is 19.8. The maximum Gasteiger partial charge on any atom is 0.338 e. The van der Waals surface area contributed by atoms with Crippen LogP contribution in [0, 0.1) is 11.3 Å². The van der Waals surface area contributed by atoms with Gasteiger partial charge in [-0.3, -0.25) is 9.59 Å². The third-order valence-electron chi connectivity index (χ3n) is 3.67. The number of hydrogen-bond acceptors (Lipinski definition) is 6. The molecule has 1 N–H and O–H groups in total. The van der Waals surface area contributed by atoms with Crippen molar-refractivity contribution in [3.8, 4) is 6.07 Å². The number of thiophene rings is 1. The normalized spacial score (nSPS) is 11.1. The largest absolute Gasteiger partial charge is 0.449 e. The van der Waals surface area contributed by atoms with E-state index in [1.54, 1.807) is 42.8 Å². The smallest absolute Gasteiger partial charge is 0.338 e. The molecule has 2 rings (SSSR count). The summed E-state index contributed by atoms with van der Waals surface area (Å²) >= 11 is 1.31. The lowest BCUT2D eigenvalue weighted by Crippen LogP contribution is -2.37. The molecule has 1 heterocycles. The third kappa shape index (κ3) is 5.66. The van der Waals surface area contributed by atoms with Crippen molar-refractivity contribution in [1.82, 2.24) is 4.90 Å². The van der Waals surface area contributed by atoms with Gasteiger partial charge in [-0.05, 0) is 36.6 Å². The molecule has 0 bridgehead atoms. The highest BCUT2D eigenvalue weighted by atomic mass is 32.1. The average Bonchev–Trinajstić information content (AvgIpc) is 3.20. The van der Waals surface area contributed by atoms with Crippen molar-refractivity contribution in [2.24, 2.45) is 0 Å². The van der Waals surface area contributed by atoms with Crippen LogP contribution in [0.4, 0.5) is 5.69 Å². The Labute approximate surface area is 161 Å². The standard InChI is InChI=1S/C19H19N3O4S/c1-13(18(24)22(2)10-5-9-20)26-19(25)14-6-3-7-15(12-14)21-17(23)16-8-4-11-27-16/h3-4,6-8,11-13H,5,10H2,1-2H3,(H,21,23)/t13-/m0/s1. The molecule has 140 valence electrons. The molecule has 0 radical (unpaired) electrons. The quantitative estimate of drug-likeness (QED) is 0.739. The number of amides is 2. The van der Waals surface area contributed by atoms with E-state index in [0.717, 1.165) is 0 Å². The molecule has 0 fully saturated rings. The van der Waals surface area contributed by atoms with Gasteiger partial charge < -0.3 is 15.0 Å². The number of hydrogen-bond donors (Lipinski definition) is 1. The van der Waals surface area contributed by atoms with E-state index in [0.29, 0.717) is 10.6 Å². The summed E-state index contributed by atoms with van der Waals surface area (Å²) in [5.74, 6) is -1.32. The molecule has 1 atom stereocenters. The molecule has 0 unspecified atom stereocenters. The first kappa shape index (κ1) is 20.1. The molecule has 0 spiro atoms. The van der Waals surface area contributed by atoms with Gasteiger partial charge in [0, 0.05) is 19.3 Å². The van der Waals surface area contributed by atoms with Gasteiger partial charge in [0.05, 0.1) is 22.9 Å². The van der Waals surface area contributed by atoms with Gasteiger partial charge in [0.2, 0.25) is 0 Å². The van der Waals surface area contributed by atoms with Crippen LogP contribution in [0.5, 0.6) is 0 Å². The fourth-order valence-corrected chi connectivity index (χ4v) is 2.86. The number of nitrogens with zero attached hydrogens (tertiary/aromatic N) is 2. The minimum Gasteiger partial charge on any atom is -0.449 e. The number of esters is 1. The van der Waals surface area contributed by atoms with Gasteiger partial charge in [0.25, 0.3) is 11.8 Å². The van der Waals surface area contributed by atoms with Gasteiger partial charge in [-0.25, -0.2) is 4.79 Å². The van der Waals surface area contributed by atoms with Crippen molar-refractivity contribution < 1.29 is 19.1 Å². The first-order valence-corrected chi connectivity index (χ1v) is 9.08. The molecule has 27 heavy (non-hydrogen) atoms. The molecule has 1 aromatic carbocycles. The maximum absolute atomic E-state index is 12.3. The van der Waals surface area contributed by atoms with Crippen LogP contribution >= 0.6 is 11.3 Å². The topological polar surface area (TPSA) is 99.5 Å². The first-order valence-electron chi connectivity index (χ1n) is 8.20. The van der Waals surface area contributed by atoms with Crippen LogP contribution in [0.3, 0.4) is 0 Å². The Kier molecular flexibility index (Phi) is 7.08. The Morgan fingerprint density at radius 3 is 2.74 bits per heavy atom. The summed E-state index contributed by atoms with van der Waals surface area (Å²) < 4.78 is 5.21. The average molecular weight is 385 g/mol. The Morgan fingerprint density at radius 1 is 1.30 bits per heavy atom. The number of rotatable bonds is 7. The number of benzene rings is 1. The SMILES string of the molecule is C[C@H](OC(=O)c1cccc(NC(=O)c2cccs2)c1)C(=O)N(C)CCC#N. The van der Waals surface area contributed by atoms with Crippen molar-refractivity contribution in [2.75, 3.05) is 18.9 Å². The zero-order valence-electron chi connectivity index (χ0n) is 15.0. The van der Waals surface area contributed by atoms with Crippen molar-refractivity contribution in [1.29, 1.82) is 5.26 Å². The Bertz CT molecular complexity index is 858. The third-order valence-corrected chi connectivity index (χ3v) is 4.54. The number of anilines is 1.